The van der Waals surface area contributed by atoms with Gasteiger partial charge in [0.25, 0.3) is 0 Å². The van der Waals surface area contributed by atoms with E-state index in [-0.39, 0.29) is 10.6 Å². The van der Waals surface area contributed by atoms with E-state index in [2.05, 4.69) is 15.9 Å². The van der Waals surface area contributed by atoms with Gasteiger partial charge in [0, 0.05) is 10.9 Å². The van der Waals surface area contributed by atoms with Crippen molar-refractivity contribution in [3.63, 3.8) is 0 Å². The summed E-state index contributed by atoms with van der Waals surface area (Å²) >= 11 is 17.2. The maximum atomic E-state index is 13.9. The van der Waals surface area contributed by atoms with Gasteiger partial charge in [0.2, 0.25) is 0 Å². The lowest BCUT2D eigenvalue weighted by Crippen LogP contribution is -1.94. The van der Waals surface area contributed by atoms with E-state index in [1.165, 1.54) is 17.4 Å². The second-order valence-electron chi connectivity index (χ2n) is 4.32. The van der Waals surface area contributed by atoms with Crippen molar-refractivity contribution < 1.29 is 4.39 Å². The van der Waals surface area contributed by atoms with Crippen LogP contribution in [0.1, 0.15) is 16.0 Å². The van der Waals surface area contributed by atoms with Gasteiger partial charge in [0.05, 0.1) is 13.5 Å². The van der Waals surface area contributed by atoms with Gasteiger partial charge in [0.15, 0.2) is 0 Å². The van der Waals surface area contributed by atoms with Gasteiger partial charge in [-0.05, 0) is 23.1 Å². The normalized spacial score (nSPS) is 12.8. The summed E-state index contributed by atoms with van der Waals surface area (Å²) < 4.78 is 15.1. The summed E-state index contributed by atoms with van der Waals surface area (Å²) in [7, 11) is 0. The van der Waals surface area contributed by atoms with Gasteiger partial charge in [-0.1, -0.05) is 69.5 Å². The van der Waals surface area contributed by atoms with Crippen LogP contribution < -0.4 is 0 Å². The highest BCUT2D eigenvalue weighted by atomic mass is 79.9. The lowest BCUT2D eigenvalue weighted by molar-refractivity contribution is 0.639. The molecule has 102 valence electrons. The fraction of sp³-hybridized carbons (Fsp3) is 0.0667. The van der Waals surface area contributed by atoms with E-state index in [1.54, 1.807) is 12.1 Å². The molecule has 0 N–H and O–H groups in total. The molecule has 2 aromatic carbocycles. The molecular weight excluding hydrogens is 382 g/mol. The second-order valence-corrected chi connectivity index (χ2v) is 7.53. The summed E-state index contributed by atoms with van der Waals surface area (Å²) in [6.07, 6.45) is 0. The molecule has 0 aliphatic carbocycles. The third kappa shape index (κ3) is 2.48. The molecule has 0 fully saturated rings. The average Bonchev–Trinajstić information content (AvgIpc) is 2.78. The summed E-state index contributed by atoms with van der Waals surface area (Å²) in [6, 6.07) is 12.5. The Hall–Kier alpha value is -0.610. The van der Waals surface area contributed by atoms with Crippen molar-refractivity contribution in [3.8, 4) is 0 Å². The number of benzene rings is 2. The molecule has 20 heavy (non-hydrogen) atoms. The van der Waals surface area contributed by atoms with Crippen LogP contribution in [0.15, 0.2) is 42.5 Å². The van der Waals surface area contributed by atoms with E-state index in [0.717, 1.165) is 16.5 Å². The molecule has 5 heteroatoms. The van der Waals surface area contributed by atoms with Crippen molar-refractivity contribution in [1.82, 2.24) is 0 Å². The smallest absolute Gasteiger partial charge is 0.131 e. The van der Waals surface area contributed by atoms with Gasteiger partial charge in [-0.3, -0.25) is 0 Å². The Morgan fingerprint density at radius 2 is 1.70 bits per heavy atom. The molecule has 3 rings (SSSR count). The van der Waals surface area contributed by atoms with Crippen molar-refractivity contribution in [2.45, 2.75) is 4.83 Å². The maximum absolute atomic E-state index is 13.9. The average molecular weight is 390 g/mol. The zero-order chi connectivity index (χ0) is 14.3. The molecule has 1 heterocycles. The molecule has 0 spiro atoms. The van der Waals surface area contributed by atoms with Crippen LogP contribution in [-0.2, 0) is 0 Å². The Morgan fingerprint density at radius 3 is 2.35 bits per heavy atom. The van der Waals surface area contributed by atoms with E-state index in [9.17, 15) is 4.39 Å². The SMILES string of the molecule is Fc1ccc(C(Br)c2cc(Cl)sc2Cl)c2ccccc12. The van der Waals surface area contributed by atoms with Crippen LogP contribution in [0.4, 0.5) is 4.39 Å². The van der Waals surface area contributed by atoms with Gasteiger partial charge in [-0.25, -0.2) is 4.39 Å². The Labute approximate surface area is 138 Å². The Bertz CT molecular complexity index is 785. The Balaban J connectivity index is 2.20. The number of alkyl halides is 1. The van der Waals surface area contributed by atoms with Crippen LogP contribution >= 0.6 is 50.5 Å². The third-order valence-corrected chi connectivity index (χ3v) is 5.64. The first-order valence-corrected chi connectivity index (χ1v) is 8.32. The first kappa shape index (κ1) is 14.3. The zero-order valence-electron chi connectivity index (χ0n) is 10.0. The quantitative estimate of drug-likeness (QED) is 0.421. The summed E-state index contributed by atoms with van der Waals surface area (Å²) in [5, 5.41) is 1.47. The predicted molar refractivity (Wildman–Crippen MR) is 89.0 cm³/mol. The van der Waals surface area contributed by atoms with Gasteiger partial charge >= 0.3 is 0 Å². The van der Waals surface area contributed by atoms with Crippen molar-refractivity contribution in [1.29, 1.82) is 0 Å². The van der Waals surface area contributed by atoms with E-state index in [0.29, 0.717) is 14.1 Å². The van der Waals surface area contributed by atoms with Crippen molar-refractivity contribution in [2.75, 3.05) is 0 Å². The highest BCUT2D eigenvalue weighted by molar-refractivity contribution is 9.09. The molecule has 0 saturated carbocycles. The summed E-state index contributed by atoms with van der Waals surface area (Å²) in [6.45, 7) is 0. The molecule has 0 amide bonds. The third-order valence-electron chi connectivity index (χ3n) is 3.13. The zero-order valence-corrected chi connectivity index (χ0v) is 14.0. The van der Waals surface area contributed by atoms with Crippen LogP contribution in [0.3, 0.4) is 0 Å². The largest absolute Gasteiger partial charge is 0.206 e. The standard InChI is InChI=1S/C15H8BrCl2FS/c16-14(11-7-13(17)20-15(11)18)10-5-6-12(19)9-4-2-1-3-8(9)10/h1-7,14H. The Morgan fingerprint density at radius 1 is 1.00 bits per heavy atom. The second kappa shape index (κ2) is 5.64. The Kier molecular flexibility index (Phi) is 4.04. The highest BCUT2D eigenvalue weighted by Gasteiger charge is 2.19. The van der Waals surface area contributed by atoms with E-state index < -0.39 is 0 Å². The first-order chi connectivity index (χ1) is 9.58. The van der Waals surface area contributed by atoms with E-state index in [4.69, 9.17) is 23.2 Å². The van der Waals surface area contributed by atoms with Crippen LogP contribution in [0.5, 0.6) is 0 Å². The predicted octanol–water partition coefficient (Wildman–Crippen LogP) is 6.83. The van der Waals surface area contributed by atoms with E-state index >= 15 is 0 Å². The van der Waals surface area contributed by atoms with Gasteiger partial charge in [0.1, 0.15) is 5.82 Å². The number of hydrogen-bond acceptors (Lipinski definition) is 1. The molecule has 1 aromatic heterocycles. The number of thiophene rings is 1. The van der Waals surface area contributed by atoms with Crippen molar-refractivity contribution in [3.05, 3.63) is 68.1 Å². The number of halogens is 4. The van der Waals surface area contributed by atoms with Crippen LogP contribution in [0.2, 0.25) is 8.67 Å². The molecule has 0 aliphatic heterocycles. The molecule has 0 bridgehead atoms. The summed E-state index contributed by atoms with van der Waals surface area (Å²) in [4.78, 5) is -0.121. The number of hydrogen-bond donors (Lipinski definition) is 0. The first-order valence-electron chi connectivity index (χ1n) is 5.84. The van der Waals surface area contributed by atoms with Gasteiger partial charge < -0.3 is 0 Å². The molecule has 3 aromatic rings. The van der Waals surface area contributed by atoms with Crippen molar-refractivity contribution >= 4 is 61.2 Å². The maximum Gasteiger partial charge on any atom is 0.131 e. The van der Waals surface area contributed by atoms with Crippen LogP contribution in [-0.4, -0.2) is 0 Å². The molecule has 0 radical (unpaired) electrons. The number of fused-ring (bicyclic) bond motifs is 1. The molecule has 0 aliphatic rings. The van der Waals surface area contributed by atoms with Crippen LogP contribution in [0.25, 0.3) is 10.8 Å². The molecule has 1 atom stereocenters. The molecule has 0 nitrogen and oxygen atoms in total. The molecule has 1 unspecified atom stereocenters. The topological polar surface area (TPSA) is 0 Å². The lowest BCUT2D eigenvalue weighted by atomic mass is 9.99. The highest BCUT2D eigenvalue weighted by Crippen LogP contribution is 2.43. The molecular formula is C15H8BrCl2FS. The fourth-order valence-electron chi connectivity index (χ4n) is 2.20. The minimum atomic E-state index is -0.224. The fourth-order valence-corrected chi connectivity index (χ4v) is 4.78. The van der Waals surface area contributed by atoms with Crippen molar-refractivity contribution in [2.24, 2.45) is 0 Å². The lowest BCUT2D eigenvalue weighted by Gasteiger charge is -2.13. The monoisotopic (exact) mass is 388 g/mol. The molecule has 0 saturated heterocycles. The summed E-state index contributed by atoms with van der Waals surface area (Å²) in [5.41, 5.74) is 1.87. The van der Waals surface area contributed by atoms with Gasteiger partial charge in [-0.2, -0.15) is 0 Å². The van der Waals surface area contributed by atoms with Gasteiger partial charge in [-0.15, -0.1) is 11.3 Å². The van der Waals surface area contributed by atoms with Crippen LogP contribution in [0, 0.1) is 5.82 Å². The summed E-state index contributed by atoms with van der Waals surface area (Å²) in [5.74, 6) is -0.224. The minimum absolute atomic E-state index is 0.121. The van der Waals surface area contributed by atoms with E-state index in [1.807, 2.05) is 24.3 Å². The number of rotatable bonds is 2. The minimum Gasteiger partial charge on any atom is -0.206 e.